The van der Waals surface area contributed by atoms with Crippen molar-refractivity contribution >= 4 is 17.2 Å². The number of fused-ring (bicyclic) bond motifs is 1. The first-order valence-corrected chi connectivity index (χ1v) is 10.6. The van der Waals surface area contributed by atoms with E-state index in [-0.39, 0.29) is 6.54 Å². The lowest BCUT2D eigenvalue weighted by atomic mass is 10.1. The Bertz CT molecular complexity index is 1420. The molecule has 11 nitrogen and oxygen atoms in total. The summed E-state index contributed by atoms with van der Waals surface area (Å²) in [5, 5.41) is 7.08. The minimum absolute atomic E-state index is 0.297. The Balaban J connectivity index is 1.61. The number of carbonyl (C=O) groups excluding carboxylic acids is 1. The second kappa shape index (κ2) is 9.75. The normalized spacial score (nSPS) is 10.8. The second-order valence-electron chi connectivity index (χ2n) is 7.51. The largest absolute Gasteiger partial charge is 0.497 e. The third kappa shape index (κ3) is 4.60. The van der Waals surface area contributed by atoms with E-state index in [4.69, 9.17) is 18.9 Å². The van der Waals surface area contributed by atoms with Gasteiger partial charge in [0.1, 0.15) is 18.1 Å². The van der Waals surface area contributed by atoms with Gasteiger partial charge in [0.15, 0.2) is 17.1 Å². The second-order valence-corrected chi connectivity index (χ2v) is 7.51. The van der Waals surface area contributed by atoms with Gasteiger partial charge in [-0.05, 0) is 31.2 Å². The number of hydrogen-bond donors (Lipinski definition) is 1. The van der Waals surface area contributed by atoms with Gasteiger partial charge in [0.2, 0.25) is 11.7 Å². The van der Waals surface area contributed by atoms with Crippen molar-refractivity contribution in [2.75, 3.05) is 33.8 Å². The van der Waals surface area contributed by atoms with E-state index in [2.05, 4.69) is 15.4 Å². The molecule has 182 valence electrons. The maximum absolute atomic E-state index is 12.9. The van der Waals surface area contributed by atoms with Crippen molar-refractivity contribution in [3.63, 3.8) is 0 Å². The number of aryl methyl sites for hydroxylation is 1. The van der Waals surface area contributed by atoms with Gasteiger partial charge in [-0.3, -0.25) is 4.79 Å². The number of rotatable bonds is 8. The Labute approximate surface area is 200 Å². The SMILES string of the molecule is COc1ccc(-c2cc3nn(CC(=O)Nc4cc(OC)c(OC)c(OC)c4)c(=O)n3c(C)n2)cc1. The lowest BCUT2D eigenvalue weighted by Crippen LogP contribution is -2.28. The molecule has 0 saturated carbocycles. The van der Waals surface area contributed by atoms with E-state index < -0.39 is 11.6 Å². The molecule has 2 heterocycles. The van der Waals surface area contributed by atoms with Crippen molar-refractivity contribution in [3.8, 4) is 34.3 Å². The maximum Gasteiger partial charge on any atom is 0.352 e. The Kier molecular flexibility index (Phi) is 6.58. The molecule has 2 aromatic carbocycles. The fourth-order valence-electron chi connectivity index (χ4n) is 3.70. The predicted molar refractivity (Wildman–Crippen MR) is 129 cm³/mol. The number of hydrogen-bond acceptors (Lipinski definition) is 8. The van der Waals surface area contributed by atoms with Crippen LogP contribution in [0, 0.1) is 6.92 Å². The first-order chi connectivity index (χ1) is 16.9. The van der Waals surface area contributed by atoms with Crippen molar-refractivity contribution < 1.29 is 23.7 Å². The van der Waals surface area contributed by atoms with E-state index in [0.717, 1.165) is 16.0 Å². The van der Waals surface area contributed by atoms with E-state index in [9.17, 15) is 9.59 Å². The number of aromatic nitrogens is 4. The van der Waals surface area contributed by atoms with Crippen molar-refractivity contribution in [1.29, 1.82) is 0 Å². The fraction of sp³-hybridized carbons (Fsp3) is 0.250. The third-order valence-electron chi connectivity index (χ3n) is 5.36. The van der Waals surface area contributed by atoms with Crippen molar-refractivity contribution in [3.05, 3.63) is 58.8 Å². The van der Waals surface area contributed by atoms with Gasteiger partial charge in [-0.25, -0.2) is 18.9 Å². The van der Waals surface area contributed by atoms with Crippen LogP contribution in [0.15, 0.2) is 47.3 Å². The maximum atomic E-state index is 12.9. The highest BCUT2D eigenvalue weighted by Crippen LogP contribution is 2.39. The predicted octanol–water partition coefficient (Wildman–Crippen LogP) is 2.54. The summed E-state index contributed by atoms with van der Waals surface area (Å²) in [6.07, 6.45) is 0. The van der Waals surface area contributed by atoms with Crippen LogP contribution in [0.3, 0.4) is 0 Å². The molecule has 4 aromatic rings. The Morgan fingerprint density at radius 3 is 2.17 bits per heavy atom. The minimum atomic E-state index is -0.466. The molecule has 2 aromatic heterocycles. The van der Waals surface area contributed by atoms with Crippen LogP contribution in [0.5, 0.6) is 23.0 Å². The van der Waals surface area contributed by atoms with Crippen LogP contribution in [0.4, 0.5) is 5.69 Å². The van der Waals surface area contributed by atoms with Crippen LogP contribution in [-0.2, 0) is 11.3 Å². The number of amides is 1. The van der Waals surface area contributed by atoms with Crippen LogP contribution in [0.2, 0.25) is 0 Å². The zero-order valence-corrected chi connectivity index (χ0v) is 20.0. The first kappa shape index (κ1) is 23.6. The molecule has 0 atom stereocenters. The topological polar surface area (TPSA) is 118 Å². The van der Waals surface area contributed by atoms with Crippen LogP contribution in [0.1, 0.15) is 5.82 Å². The number of anilines is 1. The summed E-state index contributed by atoms with van der Waals surface area (Å²) in [6.45, 7) is 1.41. The average molecular weight is 479 g/mol. The molecule has 35 heavy (non-hydrogen) atoms. The van der Waals surface area contributed by atoms with Gasteiger partial charge in [-0.2, -0.15) is 0 Å². The number of benzene rings is 2. The molecule has 0 bridgehead atoms. The van der Waals surface area contributed by atoms with Gasteiger partial charge in [0.25, 0.3) is 0 Å². The smallest absolute Gasteiger partial charge is 0.352 e. The molecule has 1 amide bonds. The molecular weight excluding hydrogens is 454 g/mol. The van der Waals surface area contributed by atoms with Crippen molar-refractivity contribution in [1.82, 2.24) is 19.2 Å². The summed E-state index contributed by atoms with van der Waals surface area (Å²) >= 11 is 0. The Hall–Kier alpha value is -4.54. The van der Waals surface area contributed by atoms with E-state index in [1.54, 1.807) is 32.2 Å². The zero-order valence-electron chi connectivity index (χ0n) is 20.0. The van der Waals surface area contributed by atoms with E-state index in [0.29, 0.717) is 40.1 Å². The van der Waals surface area contributed by atoms with Crippen LogP contribution in [-0.4, -0.2) is 53.5 Å². The summed E-state index contributed by atoms with van der Waals surface area (Å²) in [7, 11) is 6.05. The van der Waals surface area contributed by atoms with E-state index in [1.165, 1.54) is 25.7 Å². The molecule has 11 heteroatoms. The average Bonchev–Trinajstić information content (AvgIpc) is 3.18. The number of nitrogens with one attached hydrogen (secondary N) is 1. The molecule has 0 aliphatic carbocycles. The minimum Gasteiger partial charge on any atom is -0.497 e. The number of nitrogens with zero attached hydrogens (tertiary/aromatic N) is 4. The summed E-state index contributed by atoms with van der Waals surface area (Å²) in [6, 6.07) is 12.3. The molecule has 0 unspecified atom stereocenters. The van der Waals surface area contributed by atoms with Crippen LogP contribution in [0.25, 0.3) is 16.9 Å². The van der Waals surface area contributed by atoms with Crippen molar-refractivity contribution in [2.45, 2.75) is 13.5 Å². The van der Waals surface area contributed by atoms with Gasteiger partial charge in [-0.1, -0.05) is 0 Å². The standard InChI is InChI=1S/C24H25N5O6/c1-14-25-18(15-6-8-17(32-2)9-7-15)12-21-27-28(24(31)29(14)21)13-22(30)26-16-10-19(33-3)23(35-5)20(11-16)34-4/h6-12H,13H2,1-5H3,(H,26,30). The molecule has 0 saturated heterocycles. The highest BCUT2D eigenvalue weighted by Gasteiger charge is 2.17. The number of methoxy groups -OCH3 is 4. The van der Waals surface area contributed by atoms with Gasteiger partial charge in [-0.15, -0.1) is 5.10 Å². The highest BCUT2D eigenvalue weighted by atomic mass is 16.5. The number of ether oxygens (including phenoxy) is 4. The quantitative estimate of drug-likeness (QED) is 0.410. The number of carbonyl (C=O) groups is 1. The highest BCUT2D eigenvalue weighted by molar-refractivity contribution is 5.91. The summed E-state index contributed by atoms with van der Waals surface area (Å²) in [5.41, 5.74) is 1.83. The lowest BCUT2D eigenvalue weighted by Gasteiger charge is -2.14. The molecule has 0 spiro atoms. The van der Waals surface area contributed by atoms with E-state index in [1.807, 2.05) is 24.3 Å². The Morgan fingerprint density at radius 1 is 0.943 bits per heavy atom. The first-order valence-electron chi connectivity index (χ1n) is 10.6. The lowest BCUT2D eigenvalue weighted by molar-refractivity contribution is -0.117. The van der Waals surface area contributed by atoms with Gasteiger partial charge >= 0.3 is 5.69 Å². The zero-order chi connectivity index (χ0) is 25.1. The molecule has 0 aliphatic rings. The molecule has 0 radical (unpaired) electrons. The van der Waals surface area contributed by atoms with Gasteiger partial charge < -0.3 is 24.3 Å². The third-order valence-corrected chi connectivity index (χ3v) is 5.36. The van der Waals surface area contributed by atoms with Gasteiger partial charge in [0, 0.05) is 29.4 Å². The molecule has 0 fully saturated rings. The van der Waals surface area contributed by atoms with Gasteiger partial charge in [0.05, 0.1) is 34.1 Å². The summed E-state index contributed by atoms with van der Waals surface area (Å²) in [4.78, 5) is 30.2. The molecule has 1 N–H and O–H groups in total. The fourth-order valence-corrected chi connectivity index (χ4v) is 3.70. The van der Waals surface area contributed by atoms with E-state index >= 15 is 0 Å². The molecule has 4 rings (SSSR count). The van der Waals surface area contributed by atoms with Crippen molar-refractivity contribution in [2.24, 2.45) is 0 Å². The summed E-state index contributed by atoms with van der Waals surface area (Å²) in [5.74, 6) is 1.91. The monoisotopic (exact) mass is 479 g/mol. The molecule has 0 aliphatic heterocycles. The Morgan fingerprint density at radius 2 is 1.60 bits per heavy atom. The van der Waals surface area contributed by atoms with Crippen LogP contribution >= 0.6 is 0 Å². The molecular formula is C24H25N5O6. The van der Waals surface area contributed by atoms with Crippen LogP contribution < -0.4 is 30.0 Å². The summed E-state index contributed by atoms with van der Waals surface area (Å²) < 4.78 is 23.6.